The fourth-order valence-corrected chi connectivity index (χ4v) is 2.84. The molecule has 0 aromatic heterocycles. The summed E-state index contributed by atoms with van der Waals surface area (Å²) in [4.78, 5) is 11.0. The van der Waals surface area contributed by atoms with Crippen molar-refractivity contribution in [2.75, 3.05) is 13.6 Å². The number of carboxylic acid groups (broad SMARTS) is 1. The second kappa shape index (κ2) is 6.49. The van der Waals surface area contributed by atoms with Gasteiger partial charge >= 0.3 is 5.97 Å². The smallest absolute Gasteiger partial charge is 0.321 e. The Morgan fingerprint density at radius 1 is 1.50 bits per heavy atom. The minimum absolute atomic E-state index is 0.322. The summed E-state index contributed by atoms with van der Waals surface area (Å²) in [6.07, 6.45) is 3.95. The number of rotatable bonds is 9. The van der Waals surface area contributed by atoms with Crippen LogP contribution in [0.25, 0.3) is 0 Å². The van der Waals surface area contributed by atoms with E-state index in [0.717, 1.165) is 19.3 Å². The largest absolute Gasteiger partial charge is 0.480 e. The Balaban J connectivity index is 2.56. The van der Waals surface area contributed by atoms with E-state index in [1.165, 1.54) is 11.4 Å². The van der Waals surface area contributed by atoms with Gasteiger partial charge in [-0.05, 0) is 25.2 Å². The van der Waals surface area contributed by atoms with E-state index in [9.17, 15) is 13.2 Å². The molecule has 2 N–H and O–H groups in total. The number of carbonyl (C=O) groups is 1. The van der Waals surface area contributed by atoms with Crippen molar-refractivity contribution in [1.29, 1.82) is 0 Å². The molecule has 0 aromatic carbocycles. The molecule has 0 aromatic rings. The van der Waals surface area contributed by atoms with Crippen molar-refractivity contribution in [2.24, 2.45) is 5.92 Å². The molecule has 0 radical (unpaired) electrons. The standard InChI is InChI=1S/C11H22N2O4S/c1-3-4-5-10(11(14)15)12-18(16,17)13(2)8-9-6-7-9/h9-10,12H,3-8H2,1-2H3,(H,14,15)/t10-/m0/s1. The van der Waals surface area contributed by atoms with Crippen LogP contribution in [0.1, 0.15) is 39.0 Å². The van der Waals surface area contributed by atoms with Gasteiger partial charge in [0.25, 0.3) is 10.2 Å². The topological polar surface area (TPSA) is 86.7 Å². The molecule has 0 spiro atoms. The lowest BCUT2D eigenvalue weighted by atomic mass is 10.1. The zero-order valence-corrected chi connectivity index (χ0v) is 11.7. The Morgan fingerprint density at radius 2 is 2.11 bits per heavy atom. The molecular weight excluding hydrogens is 256 g/mol. The van der Waals surface area contributed by atoms with Gasteiger partial charge in [0, 0.05) is 13.6 Å². The van der Waals surface area contributed by atoms with Gasteiger partial charge in [-0.2, -0.15) is 17.4 Å². The van der Waals surface area contributed by atoms with Crippen LogP contribution in [0.4, 0.5) is 0 Å². The van der Waals surface area contributed by atoms with Crippen LogP contribution in [-0.2, 0) is 15.0 Å². The van der Waals surface area contributed by atoms with Gasteiger partial charge in [0.2, 0.25) is 0 Å². The molecule has 6 nitrogen and oxygen atoms in total. The predicted molar refractivity (Wildman–Crippen MR) is 68.4 cm³/mol. The van der Waals surface area contributed by atoms with Gasteiger partial charge in [-0.3, -0.25) is 4.79 Å². The first-order valence-corrected chi connectivity index (χ1v) is 7.77. The molecule has 1 aliphatic rings. The highest BCUT2D eigenvalue weighted by atomic mass is 32.2. The van der Waals surface area contributed by atoms with Crippen molar-refractivity contribution < 1.29 is 18.3 Å². The molecule has 1 aliphatic carbocycles. The second-order valence-corrected chi connectivity index (χ2v) is 6.69. The maximum Gasteiger partial charge on any atom is 0.321 e. The van der Waals surface area contributed by atoms with Crippen molar-refractivity contribution in [1.82, 2.24) is 9.03 Å². The van der Waals surface area contributed by atoms with E-state index in [2.05, 4.69) is 4.72 Å². The summed E-state index contributed by atoms with van der Waals surface area (Å²) >= 11 is 0. The lowest BCUT2D eigenvalue weighted by Gasteiger charge is -2.21. The maximum absolute atomic E-state index is 11.9. The Morgan fingerprint density at radius 3 is 2.56 bits per heavy atom. The molecule has 18 heavy (non-hydrogen) atoms. The fraction of sp³-hybridized carbons (Fsp3) is 0.909. The molecule has 0 bridgehead atoms. The van der Waals surface area contributed by atoms with Crippen LogP contribution in [0, 0.1) is 5.92 Å². The van der Waals surface area contributed by atoms with Crippen LogP contribution in [0.5, 0.6) is 0 Å². The van der Waals surface area contributed by atoms with Crippen molar-refractivity contribution in [2.45, 2.75) is 45.1 Å². The van der Waals surface area contributed by atoms with Crippen LogP contribution in [0.3, 0.4) is 0 Å². The number of hydrogen-bond acceptors (Lipinski definition) is 3. The fourth-order valence-electron chi connectivity index (χ4n) is 1.67. The molecule has 7 heteroatoms. The van der Waals surface area contributed by atoms with Crippen molar-refractivity contribution in [3.8, 4) is 0 Å². The summed E-state index contributed by atoms with van der Waals surface area (Å²) in [6, 6.07) is -1.03. The highest BCUT2D eigenvalue weighted by molar-refractivity contribution is 7.87. The van der Waals surface area contributed by atoms with Crippen LogP contribution in [0.2, 0.25) is 0 Å². The van der Waals surface area contributed by atoms with Gasteiger partial charge in [0.1, 0.15) is 6.04 Å². The normalized spacial score (nSPS) is 17.9. The molecule has 1 saturated carbocycles. The van der Waals surface area contributed by atoms with Gasteiger partial charge in [-0.1, -0.05) is 19.8 Å². The van der Waals surface area contributed by atoms with Crippen LogP contribution >= 0.6 is 0 Å². The SMILES string of the molecule is CCCC[C@H](NS(=O)(=O)N(C)CC1CC1)C(=O)O. The first-order chi connectivity index (χ1) is 8.36. The van der Waals surface area contributed by atoms with Crippen molar-refractivity contribution in [3.05, 3.63) is 0 Å². The average molecular weight is 278 g/mol. The molecule has 0 amide bonds. The number of nitrogens with one attached hydrogen (secondary N) is 1. The first-order valence-electron chi connectivity index (χ1n) is 6.33. The summed E-state index contributed by atoms with van der Waals surface area (Å²) in [5.41, 5.74) is 0. The zero-order valence-electron chi connectivity index (χ0n) is 10.9. The summed E-state index contributed by atoms with van der Waals surface area (Å²) in [5.74, 6) is -0.683. The average Bonchev–Trinajstić information content (AvgIpc) is 3.07. The Bertz CT molecular complexity index is 379. The quantitative estimate of drug-likeness (QED) is 0.653. The minimum atomic E-state index is -3.69. The Hall–Kier alpha value is -0.660. The molecule has 0 aliphatic heterocycles. The van der Waals surface area contributed by atoms with Gasteiger partial charge in [-0.15, -0.1) is 0 Å². The van der Waals surface area contributed by atoms with E-state index in [-0.39, 0.29) is 0 Å². The third-order valence-corrected chi connectivity index (χ3v) is 4.61. The van der Waals surface area contributed by atoms with Crippen LogP contribution < -0.4 is 4.72 Å². The number of carboxylic acids is 1. The highest BCUT2D eigenvalue weighted by Gasteiger charge is 2.31. The third kappa shape index (κ3) is 4.91. The third-order valence-electron chi connectivity index (χ3n) is 3.06. The zero-order chi connectivity index (χ0) is 13.8. The number of aliphatic carboxylic acids is 1. The summed E-state index contributed by atoms with van der Waals surface area (Å²) in [7, 11) is -2.20. The Labute approximate surface area is 109 Å². The summed E-state index contributed by atoms with van der Waals surface area (Å²) in [6.45, 7) is 2.40. The maximum atomic E-state index is 11.9. The summed E-state index contributed by atoms with van der Waals surface area (Å²) < 4.78 is 27.3. The lowest BCUT2D eigenvalue weighted by Crippen LogP contribution is -2.47. The Kier molecular flexibility index (Phi) is 5.55. The molecule has 1 atom stereocenters. The van der Waals surface area contributed by atoms with E-state index in [1.54, 1.807) is 0 Å². The van der Waals surface area contributed by atoms with E-state index in [4.69, 9.17) is 5.11 Å². The van der Waals surface area contributed by atoms with Gasteiger partial charge in [0.05, 0.1) is 0 Å². The monoisotopic (exact) mass is 278 g/mol. The molecule has 0 saturated heterocycles. The number of hydrogen-bond donors (Lipinski definition) is 2. The second-order valence-electron chi connectivity index (χ2n) is 4.88. The van der Waals surface area contributed by atoms with E-state index in [0.29, 0.717) is 25.3 Å². The van der Waals surface area contributed by atoms with E-state index >= 15 is 0 Å². The van der Waals surface area contributed by atoms with Crippen molar-refractivity contribution in [3.63, 3.8) is 0 Å². The minimum Gasteiger partial charge on any atom is -0.480 e. The molecule has 1 rings (SSSR count). The molecular formula is C11H22N2O4S. The van der Waals surface area contributed by atoms with Gasteiger partial charge in [0.15, 0.2) is 0 Å². The lowest BCUT2D eigenvalue weighted by molar-refractivity contribution is -0.139. The van der Waals surface area contributed by atoms with Crippen molar-refractivity contribution >= 4 is 16.2 Å². The molecule has 1 fully saturated rings. The molecule has 0 unspecified atom stereocenters. The van der Waals surface area contributed by atoms with Crippen LogP contribution in [0.15, 0.2) is 0 Å². The number of nitrogens with zero attached hydrogens (tertiary/aromatic N) is 1. The molecule has 0 heterocycles. The van der Waals surface area contributed by atoms with Gasteiger partial charge in [-0.25, -0.2) is 0 Å². The summed E-state index contributed by atoms with van der Waals surface area (Å²) in [5, 5.41) is 8.99. The highest BCUT2D eigenvalue weighted by Crippen LogP contribution is 2.29. The first kappa shape index (κ1) is 15.4. The van der Waals surface area contributed by atoms with Crippen LogP contribution in [-0.4, -0.2) is 43.4 Å². The van der Waals surface area contributed by atoms with Gasteiger partial charge < -0.3 is 5.11 Å². The number of unbranched alkanes of at least 4 members (excludes halogenated alkanes) is 1. The van der Waals surface area contributed by atoms with E-state index < -0.39 is 22.2 Å². The predicted octanol–water partition coefficient (Wildman–Crippen LogP) is 0.806. The van der Waals surface area contributed by atoms with E-state index in [1.807, 2.05) is 6.92 Å². The molecule has 106 valence electrons.